The van der Waals surface area contributed by atoms with E-state index in [0.29, 0.717) is 17.8 Å². The van der Waals surface area contributed by atoms with Crippen LogP contribution in [0.3, 0.4) is 0 Å². The zero-order valence-corrected chi connectivity index (χ0v) is 11.7. The summed E-state index contributed by atoms with van der Waals surface area (Å²) in [6, 6.07) is 2.85. The number of hydrogen-bond acceptors (Lipinski definition) is 4. The molecule has 1 N–H and O–H groups in total. The van der Waals surface area contributed by atoms with Gasteiger partial charge in [-0.25, -0.2) is 0 Å². The van der Waals surface area contributed by atoms with Crippen molar-refractivity contribution in [3.63, 3.8) is 0 Å². The van der Waals surface area contributed by atoms with E-state index in [4.69, 9.17) is 0 Å². The van der Waals surface area contributed by atoms with Crippen molar-refractivity contribution in [1.29, 1.82) is 0 Å². The largest absolute Gasteiger partial charge is 0.435 e. The first-order valence-corrected chi connectivity index (χ1v) is 7.41. The van der Waals surface area contributed by atoms with Gasteiger partial charge in [-0.2, -0.15) is 13.2 Å². The maximum Gasteiger partial charge on any atom is 0.435 e. The van der Waals surface area contributed by atoms with Gasteiger partial charge in [-0.05, 0) is 50.3 Å². The second kappa shape index (κ2) is 5.79. The minimum atomic E-state index is -4.43. The van der Waals surface area contributed by atoms with E-state index in [1.165, 1.54) is 18.9 Å². The van der Waals surface area contributed by atoms with E-state index in [0.717, 1.165) is 38.5 Å². The summed E-state index contributed by atoms with van der Waals surface area (Å²) in [5.74, 6) is 1.19. The molecule has 1 saturated heterocycles. The van der Waals surface area contributed by atoms with Gasteiger partial charge in [0.15, 0.2) is 11.5 Å². The Bertz CT molecular complexity index is 464. The number of halogens is 3. The molecule has 3 rings (SSSR count). The molecule has 1 aromatic rings. The third kappa shape index (κ3) is 3.84. The van der Waals surface area contributed by atoms with E-state index >= 15 is 0 Å². The maximum absolute atomic E-state index is 12.5. The highest BCUT2D eigenvalue weighted by molar-refractivity contribution is 5.38. The quantitative estimate of drug-likeness (QED) is 0.907. The highest BCUT2D eigenvalue weighted by atomic mass is 19.4. The topological polar surface area (TPSA) is 41.0 Å². The number of nitrogens with one attached hydrogen (secondary N) is 1. The number of alkyl halides is 3. The lowest BCUT2D eigenvalue weighted by Gasteiger charge is -2.26. The van der Waals surface area contributed by atoms with Crippen LogP contribution < -0.4 is 10.2 Å². The molecule has 1 aromatic heterocycles. The molecule has 0 radical (unpaired) electrons. The summed E-state index contributed by atoms with van der Waals surface area (Å²) in [5, 5.41) is 10.5. The van der Waals surface area contributed by atoms with Gasteiger partial charge >= 0.3 is 6.18 Å². The molecule has 4 nitrogen and oxygen atoms in total. The first kappa shape index (κ1) is 14.6. The Morgan fingerprint density at radius 1 is 1.14 bits per heavy atom. The zero-order valence-electron chi connectivity index (χ0n) is 11.7. The van der Waals surface area contributed by atoms with Crippen LogP contribution in [0.5, 0.6) is 0 Å². The summed E-state index contributed by atoms with van der Waals surface area (Å²) in [6.45, 7) is 2.66. The van der Waals surface area contributed by atoms with Crippen LogP contribution in [-0.4, -0.2) is 35.9 Å². The molecule has 2 heterocycles. The van der Waals surface area contributed by atoms with Crippen molar-refractivity contribution in [2.75, 3.05) is 24.5 Å². The van der Waals surface area contributed by atoms with Crippen LogP contribution in [0.4, 0.5) is 19.0 Å². The molecular formula is C14H19F3N4. The van der Waals surface area contributed by atoms with E-state index < -0.39 is 11.9 Å². The Hall–Kier alpha value is -1.37. The lowest BCUT2D eigenvalue weighted by molar-refractivity contribution is -0.141. The minimum Gasteiger partial charge on any atom is -0.353 e. The number of anilines is 1. The maximum atomic E-state index is 12.5. The molecule has 0 spiro atoms. The average Bonchev–Trinajstić information content (AvgIpc) is 3.11. The summed E-state index contributed by atoms with van der Waals surface area (Å²) >= 11 is 0. The molecule has 7 heteroatoms. The lowest BCUT2D eigenvalue weighted by atomic mass is 10.2. The van der Waals surface area contributed by atoms with Crippen LogP contribution in [0, 0.1) is 5.92 Å². The monoisotopic (exact) mass is 300 g/mol. The molecule has 1 saturated carbocycles. The van der Waals surface area contributed by atoms with Crippen LogP contribution in [-0.2, 0) is 6.18 Å². The number of nitrogens with zero attached hydrogens (tertiary/aromatic N) is 3. The summed E-state index contributed by atoms with van der Waals surface area (Å²) < 4.78 is 37.6. The van der Waals surface area contributed by atoms with Gasteiger partial charge in [-0.1, -0.05) is 0 Å². The second-order valence-corrected chi connectivity index (χ2v) is 5.92. The van der Waals surface area contributed by atoms with E-state index in [2.05, 4.69) is 20.4 Å². The third-order valence-corrected chi connectivity index (χ3v) is 4.04. The van der Waals surface area contributed by atoms with Crippen molar-refractivity contribution in [3.05, 3.63) is 17.8 Å². The van der Waals surface area contributed by atoms with Gasteiger partial charge < -0.3 is 10.2 Å². The first-order valence-electron chi connectivity index (χ1n) is 7.41. The molecule has 0 aromatic carbocycles. The predicted molar refractivity (Wildman–Crippen MR) is 73.0 cm³/mol. The van der Waals surface area contributed by atoms with Gasteiger partial charge in [-0.3, -0.25) is 0 Å². The normalized spacial score (nSPS) is 22.5. The van der Waals surface area contributed by atoms with E-state index in [-0.39, 0.29) is 0 Å². The highest BCUT2D eigenvalue weighted by Crippen LogP contribution is 2.32. The smallest absolute Gasteiger partial charge is 0.353 e. The predicted octanol–water partition coefficient (Wildman–Crippen LogP) is 2.46. The molecule has 21 heavy (non-hydrogen) atoms. The molecule has 116 valence electrons. The van der Waals surface area contributed by atoms with Crippen LogP contribution in [0.1, 0.15) is 31.4 Å². The highest BCUT2D eigenvalue weighted by Gasteiger charge is 2.33. The molecule has 1 unspecified atom stereocenters. The fraction of sp³-hybridized carbons (Fsp3) is 0.714. The minimum absolute atomic E-state index is 0.396. The van der Waals surface area contributed by atoms with Crippen LogP contribution in [0.25, 0.3) is 0 Å². The Morgan fingerprint density at radius 3 is 2.48 bits per heavy atom. The molecule has 2 aliphatic rings. The van der Waals surface area contributed by atoms with E-state index in [1.807, 2.05) is 0 Å². The summed E-state index contributed by atoms with van der Waals surface area (Å²) in [5.41, 5.74) is -0.934. The van der Waals surface area contributed by atoms with Crippen molar-refractivity contribution in [2.45, 2.75) is 37.9 Å². The van der Waals surface area contributed by atoms with Crippen LogP contribution >= 0.6 is 0 Å². The number of hydrogen-bond donors (Lipinski definition) is 1. The molecule has 2 fully saturated rings. The van der Waals surface area contributed by atoms with Crippen LogP contribution in [0.2, 0.25) is 0 Å². The van der Waals surface area contributed by atoms with E-state index in [9.17, 15) is 13.2 Å². The van der Waals surface area contributed by atoms with Crippen molar-refractivity contribution < 1.29 is 13.2 Å². The van der Waals surface area contributed by atoms with Gasteiger partial charge in [0.1, 0.15) is 0 Å². The summed E-state index contributed by atoms with van der Waals surface area (Å²) in [6.07, 6.45) is 0.223. The van der Waals surface area contributed by atoms with Gasteiger partial charge in [0.2, 0.25) is 0 Å². The second-order valence-electron chi connectivity index (χ2n) is 5.92. The van der Waals surface area contributed by atoms with E-state index in [1.54, 1.807) is 0 Å². The fourth-order valence-corrected chi connectivity index (χ4v) is 2.70. The molecule has 0 bridgehead atoms. The molecular weight excluding hydrogens is 281 g/mol. The van der Waals surface area contributed by atoms with Gasteiger partial charge in [-0.15, -0.1) is 10.2 Å². The SMILES string of the molecule is FC(F)(F)c1ccc(N(CC2CC2)CC2CCCN2)nn1. The van der Waals surface area contributed by atoms with Crippen molar-refractivity contribution in [3.8, 4) is 0 Å². The Labute approximate surface area is 121 Å². The first-order chi connectivity index (χ1) is 10.0. The Kier molecular flexibility index (Phi) is 4.01. The Morgan fingerprint density at radius 2 is 1.95 bits per heavy atom. The average molecular weight is 300 g/mol. The standard InChI is InChI=1S/C14H19F3N4/c15-14(16,17)12-5-6-13(20-19-12)21(8-10-3-4-10)9-11-2-1-7-18-11/h5-6,10-11,18H,1-4,7-9H2. The lowest BCUT2D eigenvalue weighted by Crippen LogP contribution is -2.39. The van der Waals surface area contributed by atoms with Crippen molar-refractivity contribution in [1.82, 2.24) is 15.5 Å². The zero-order chi connectivity index (χ0) is 14.9. The molecule has 1 aliphatic carbocycles. The van der Waals surface area contributed by atoms with Gasteiger partial charge in [0, 0.05) is 19.1 Å². The van der Waals surface area contributed by atoms with Gasteiger partial charge in [0.25, 0.3) is 0 Å². The summed E-state index contributed by atoms with van der Waals surface area (Å²) in [4.78, 5) is 2.08. The third-order valence-electron chi connectivity index (χ3n) is 4.04. The summed E-state index contributed by atoms with van der Waals surface area (Å²) in [7, 11) is 0. The van der Waals surface area contributed by atoms with Crippen molar-refractivity contribution in [2.24, 2.45) is 5.92 Å². The Balaban J connectivity index is 1.71. The van der Waals surface area contributed by atoms with Crippen molar-refractivity contribution >= 4 is 5.82 Å². The fourth-order valence-electron chi connectivity index (χ4n) is 2.70. The number of aromatic nitrogens is 2. The molecule has 0 amide bonds. The number of rotatable bonds is 5. The molecule has 1 aliphatic heterocycles. The van der Waals surface area contributed by atoms with Crippen LogP contribution in [0.15, 0.2) is 12.1 Å². The van der Waals surface area contributed by atoms with Gasteiger partial charge in [0.05, 0.1) is 0 Å². The molecule has 1 atom stereocenters.